The highest BCUT2D eigenvalue weighted by Gasteiger charge is 2.19. The van der Waals surface area contributed by atoms with E-state index >= 15 is 0 Å². The van der Waals surface area contributed by atoms with E-state index in [1.54, 1.807) is 6.07 Å². The Morgan fingerprint density at radius 3 is 2.76 bits per heavy atom. The van der Waals surface area contributed by atoms with Gasteiger partial charge < -0.3 is 9.69 Å². The fourth-order valence-electron chi connectivity index (χ4n) is 2.44. The SMILES string of the molecule is CC(CC=O)c1ccc(F)cc1N1CCCC1. The summed E-state index contributed by atoms with van der Waals surface area (Å²) >= 11 is 0. The number of rotatable bonds is 4. The van der Waals surface area contributed by atoms with Gasteiger partial charge in [0, 0.05) is 25.2 Å². The summed E-state index contributed by atoms with van der Waals surface area (Å²) < 4.78 is 13.4. The lowest BCUT2D eigenvalue weighted by molar-refractivity contribution is -0.108. The number of benzene rings is 1. The van der Waals surface area contributed by atoms with Crippen molar-refractivity contribution in [3.63, 3.8) is 0 Å². The van der Waals surface area contributed by atoms with Crippen LogP contribution in [-0.4, -0.2) is 19.4 Å². The second kappa shape index (κ2) is 5.30. The molecule has 1 aromatic carbocycles. The molecule has 17 heavy (non-hydrogen) atoms. The lowest BCUT2D eigenvalue weighted by Crippen LogP contribution is -2.20. The van der Waals surface area contributed by atoms with Gasteiger partial charge in [-0.05, 0) is 36.5 Å². The van der Waals surface area contributed by atoms with E-state index in [2.05, 4.69) is 4.90 Å². The van der Waals surface area contributed by atoms with Crippen molar-refractivity contribution in [2.75, 3.05) is 18.0 Å². The molecule has 0 N–H and O–H groups in total. The fourth-order valence-corrected chi connectivity index (χ4v) is 2.44. The Morgan fingerprint density at radius 2 is 2.12 bits per heavy atom. The van der Waals surface area contributed by atoms with Crippen LogP contribution in [0.5, 0.6) is 0 Å². The molecule has 2 rings (SSSR count). The van der Waals surface area contributed by atoms with Crippen LogP contribution in [-0.2, 0) is 4.79 Å². The van der Waals surface area contributed by atoms with E-state index in [0.717, 1.165) is 43.5 Å². The van der Waals surface area contributed by atoms with Gasteiger partial charge in [0.2, 0.25) is 0 Å². The van der Waals surface area contributed by atoms with Crippen LogP contribution in [0.3, 0.4) is 0 Å². The maximum Gasteiger partial charge on any atom is 0.125 e. The normalized spacial score (nSPS) is 17.2. The second-order valence-corrected chi connectivity index (χ2v) is 4.70. The predicted octanol–water partition coefficient (Wildman–Crippen LogP) is 3.12. The lowest BCUT2D eigenvalue weighted by atomic mass is 9.96. The zero-order valence-corrected chi connectivity index (χ0v) is 10.2. The van der Waals surface area contributed by atoms with Crippen LogP contribution < -0.4 is 4.90 Å². The van der Waals surface area contributed by atoms with Gasteiger partial charge in [-0.25, -0.2) is 4.39 Å². The summed E-state index contributed by atoms with van der Waals surface area (Å²) in [6.45, 7) is 4.00. The minimum atomic E-state index is -0.200. The molecule has 1 aliphatic heterocycles. The number of hydrogen-bond donors (Lipinski definition) is 0. The van der Waals surface area contributed by atoms with Crippen LogP contribution in [0.1, 0.15) is 37.7 Å². The second-order valence-electron chi connectivity index (χ2n) is 4.70. The minimum Gasteiger partial charge on any atom is -0.371 e. The van der Waals surface area contributed by atoms with Crippen LogP contribution >= 0.6 is 0 Å². The van der Waals surface area contributed by atoms with Gasteiger partial charge in [0.15, 0.2) is 0 Å². The highest BCUT2D eigenvalue weighted by molar-refractivity contribution is 5.59. The molecule has 0 radical (unpaired) electrons. The van der Waals surface area contributed by atoms with Crippen molar-refractivity contribution in [3.8, 4) is 0 Å². The van der Waals surface area contributed by atoms with E-state index < -0.39 is 0 Å². The first-order valence-electron chi connectivity index (χ1n) is 6.20. The van der Waals surface area contributed by atoms with Gasteiger partial charge in [-0.3, -0.25) is 0 Å². The summed E-state index contributed by atoms with van der Waals surface area (Å²) in [6.07, 6.45) is 3.75. The number of nitrogens with zero attached hydrogens (tertiary/aromatic N) is 1. The molecule has 1 atom stereocenters. The number of carbonyl (C=O) groups excluding carboxylic acids is 1. The lowest BCUT2D eigenvalue weighted by Gasteiger charge is -2.23. The molecule has 1 unspecified atom stereocenters. The molecule has 1 aliphatic rings. The van der Waals surface area contributed by atoms with Gasteiger partial charge in [0.05, 0.1) is 0 Å². The third-order valence-corrected chi connectivity index (χ3v) is 3.42. The summed E-state index contributed by atoms with van der Waals surface area (Å²) in [4.78, 5) is 12.8. The zero-order valence-electron chi connectivity index (χ0n) is 10.2. The fraction of sp³-hybridized carbons (Fsp3) is 0.500. The summed E-state index contributed by atoms with van der Waals surface area (Å²) in [5, 5.41) is 0. The Balaban J connectivity index is 2.32. The van der Waals surface area contributed by atoms with Crippen molar-refractivity contribution in [3.05, 3.63) is 29.6 Å². The van der Waals surface area contributed by atoms with E-state index in [1.165, 1.54) is 6.07 Å². The highest BCUT2D eigenvalue weighted by atomic mass is 19.1. The van der Waals surface area contributed by atoms with Gasteiger partial charge in [0.25, 0.3) is 0 Å². The molecule has 0 saturated carbocycles. The Bertz CT molecular complexity index is 399. The van der Waals surface area contributed by atoms with Crippen LogP contribution in [0, 0.1) is 5.82 Å². The van der Waals surface area contributed by atoms with Crippen LogP contribution in [0.2, 0.25) is 0 Å². The molecule has 0 aliphatic carbocycles. The number of anilines is 1. The number of halogens is 1. The first kappa shape index (κ1) is 12.1. The molecular formula is C14H18FNO. The standard InChI is InChI=1S/C14H18FNO/c1-11(6-9-17)13-5-4-12(15)10-14(13)16-7-2-3-8-16/h4-5,9-11H,2-3,6-8H2,1H3. The monoisotopic (exact) mass is 235 g/mol. The summed E-state index contributed by atoms with van der Waals surface area (Å²) in [7, 11) is 0. The van der Waals surface area contributed by atoms with E-state index in [9.17, 15) is 9.18 Å². The third kappa shape index (κ3) is 2.65. The molecular weight excluding hydrogens is 217 g/mol. The number of aldehydes is 1. The van der Waals surface area contributed by atoms with E-state index in [-0.39, 0.29) is 11.7 Å². The third-order valence-electron chi connectivity index (χ3n) is 3.42. The molecule has 1 aromatic rings. The molecule has 3 heteroatoms. The molecule has 1 heterocycles. The van der Waals surface area contributed by atoms with Crippen molar-refractivity contribution < 1.29 is 9.18 Å². The van der Waals surface area contributed by atoms with Crippen LogP contribution in [0.25, 0.3) is 0 Å². The molecule has 0 bridgehead atoms. The Hall–Kier alpha value is -1.38. The first-order valence-corrected chi connectivity index (χ1v) is 6.20. The molecule has 2 nitrogen and oxygen atoms in total. The molecule has 0 amide bonds. The zero-order chi connectivity index (χ0) is 12.3. The van der Waals surface area contributed by atoms with Gasteiger partial charge >= 0.3 is 0 Å². The van der Waals surface area contributed by atoms with Gasteiger partial charge in [-0.2, -0.15) is 0 Å². The van der Waals surface area contributed by atoms with E-state index in [4.69, 9.17) is 0 Å². The predicted molar refractivity (Wildman–Crippen MR) is 66.9 cm³/mol. The van der Waals surface area contributed by atoms with E-state index in [1.807, 2.05) is 13.0 Å². The number of carbonyl (C=O) groups is 1. The van der Waals surface area contributed by atoms with Crippen molar-refractivity contribution >= 4 is 12.0 Å². The molecule has 1 saturated heterocycles. The largest absolute Gasteiger partial charge is 0.371 e. The minimum absolute atomic E-state index is 0.156. The Kier molecular flexibility index (Phi) is 3.77. The molecule has 0 aromatic heterocycles. The highest BCUT2D eigenvalue weighted by Crippen LogP contribution is 2.32. The summed E-state index contributed by atoms with van der Waals surface area (Å²) in [5.41, 5.74) is 2.05. The first-order chi connectivity index (χ1) is 8.22. The summed E-state index contributed by atoms with van der Waals surface area (Å²) in [5.74, 6) is -0.0438. The van der Waals surface area contributed by atoms with Gasteiger partial charge in [0.1, 0.15) is 12.1 Å². The Labute approximate surface area is 101 Å². The van der Waals surface area contributed by atoms with Crippen molar-refractivity contribution in [1.82, 2.24) is 0 Å². The summed E-state index contributed by atoms with van der Waals surface area (Å²) in [6, 6.07) is 4.90. The Morgan fingerprint density at radius 1 is 1.41 bits per heavy atom. The maximum atomic E-state index is 13.4. The van der Waals surface area contributed by atoms with Gasteiger partial charge in [-0.15, -0.1) is 0 Å². The smallest absolute Gasteiger partial charge is 0.125 e. The maximum absolute atomic E-state index is 13.4. The quantitative estimate of drug-likeness (QED) is 0.747. The van der Waals surface area contributed by atoms with Crippen molar-refractivity contribution in [2.24, 2.45) is 0 Å². The molecule has 1 fully saturated rings. The molecule has 0 spiro atoms. The average Bonchev–Trinajstić information content (AvgIpc) is 2.82. The van der Waals surface area contributed by atoms with Crippen molar-refractivity contribution in [2.45, 2.75) is 32.1 Å². The van der Waals surface area contributed by atoms with E-state index in [0.29, 0.717) is 6.42 Å². The number of hydrogen-bond acceptors (Lipinski definition) is 2. The van der Waals surface area contributed by atoms with Crippen molar-refractivity contribution in [1.29, 1.82) is 0 Å². The average molecular weight is 235 g/mol. The van der Waals surface area contributed by atoms with Crippen LogP contribution in [0.15, 0.2) is 18.2 Å². The van der Waals surface area contributed by atoms with Crippen LogP contribution in [0.4, 0.5) is 10.1 Å². The van der Waals surface area contributed by atoms with Gasteiger partial charge in [-0.1, -0.05) is 13.0 Å². The topological polar surface area (TPSA) is 20.3 Å². The molecule has 92 valence electrons.